The van der Waals surface area contributed by atoms with E-state index in [2.05, 4.69) is 34.8 Å². The molecule has 0 spiro atoms. The molecule has 0 aromatic heterocycles. The van der Waals surface area contributed by atoms with Crippen molar-refractivity contribution in [3.63, 3.8) is 0 Å². The van der Waals surface area contributed by atoms with Crippen LogP contribution in [-0.2, 0) is 4.74 Å². The number of nitrogens with zero attached hydrogens (tertiary/aromatic N) is 1. The number of hydrogen-bond acceptors (Lipinski definition) is 3. The van der Waals surface area contributed by atoms with Crippen LogP contribution in [0.15, 0.2) is 35.3 Å². The molecular weight excluding hydrogens is 467 g/mol. The van der Waals surface area contributed by atoms with Gasteiger partial charge in [0.2, 0.25) is 0 Å². The molecule has 1 aromatic rings. The maximum absolute atomic E-state index is 12.0. The number of guanidine groups is 1. The average Bonchev–Trinajstić information content (AvgIpc) is 2.67. The Morgan fingerprint density at radius 1 is 1.07 bits per heavy atom. The normalized spacial score (nSPS) is 12.2. The van der Waals surface area contributed by atoms with Crippen LogP contribution in [0.1, 0.15) is 50.9 Å². The van der Waals surface area contributed by atoms with E-state index in [1.807, 2.05) is 44.2 Å². The number of hydrogen-bond donors (Lipinski definition) is 3. The molecule has 6 nitrogen and oxygen atoms in total. The largest absolute Gasteiger partial charge is 0.378 e. The number of carbonyl (C=O) groups is 1. The van der Waals surface area contributed by atoms with Crippen LogP contribution in [0.5, 0.6) is 0 Å². The number of halogens is 1. The van der Waals surface area contributed by atoms with Gasteiger partial charge < -0.3 is 20.7 Å². The summed E-state index contributed by atoms with van der Waals surface area (Å²) in [5.74, 6) is 1.27. The minimum Gasteiger partial charge on any atom is -0.378 e. The maximum Gasteiger partial charge on any atom is 0.251 e. The molecule has 28 heavy (non-hydrogen) atoms. The molecule has 1 atom stereocenters. The van der Waals surface area contributed by atoms with Crippen molar-refractivity contribution in [2.24, 2.45) is 10.9 Å². The Morgan fingerprint density at radius 2 is 1.79 bits per heavy atom. The third kappa shape index (κ3) is 11.5. The van der Waals surface area contributed by atoms with Crippen LogP contribution in [0.2, 0.25) is 0 Å². The highest BCUT2D eigenvalue weighted by molar-refractivity contribution is 14.0. The molecule has 160 valence electrons. The lowest BCUT2D eigenvalue weighted by Gasteiger charge is -2.21. The second-order valence-corrected chi connectivity index (χ2v) is 6.69. The van der Waals surface area contributed by atoms with E-state index >= 15 is 0 Å². The van der Waals surface area contributed by atoms with Gasteiger partial charge in [-0.05, 0) is 44.7 Å². The maximum atomic E-state index is 12.0. The molecule has 1 unspecified atom stereocenters. The molecule has 0 heterocycles. The van der Waals surface area contributed by atoms with E-state index in [4.69, 9.17) is 4.74 Å². The van der Waals surface area contributed by atoms with Gasteiger partial charge in [-0.15, -0.1) is 24.0 Å². The van der Waals surface area contributed by atoms with Gasteiger partial charge in [-0.1, -0.05) is 32.0 Å². The topological polar surface area (TPSA) is 74.8 Å². The third-order valence-electron chi connectivity index (χ3n) is 4.12. The predicted octanol–water partition coefficient (Wildman–Crippen LogP) is 3.43. The van der Waals surface area contributed by atoms with Crippen LogP contribution < -0.4 is 16.0 Å². The van der Waals surface area contributed by atoms with Gasteiger partial charge >= 0.3 is 0 Å². The molecule has 1 rings (SSSR count). The SMILES string of the molecule is CCNC(=NCCCNC(=O)c1ccccc1)NCCC(OCC)C(C)C.I. The first-order chi connectivity index (χ1) is 13.1. The Bertz CT molecular complexity index is 553. The summed E-state index contributed by atoms with van der Waals surface area (Å²) in [6.45, 7) is 12.1. The minimum absolute atomic E-state index is 0. The summed E-state index contributed by atoms with van der Waals surface area (Å²) in [5, 5.41) is 9.54. The molecule has 0 radical (unpaired) electrons. The van der Waals surface area contributed by atoms with E-state index in [0.29, 0.717) is 24.6 Å². The van der Waals surface area contributed by atoms with Gasteiger partial charge in [0.05, 0.1) is 6.10 Å². The van der Waals surface area contributed by atoms with Crippen molar-refractivity contribution in [2.75, 3.05) is 32.8 Å². The third-order valence-corrected chi connectivity index (χ3v) is 4.12. The molecule has 3 N–H and O–H groups in total. The van der Waals surface area contributed by atoms with E-state index in [1.54, 1.807) is 0 Å². The van der Waals surface area contributed by atoms with E-state index < -0.39 is 0 Å². The van der Waals surface area contributed by atoms with Gasteiger partial charge in [-0.25, -0.2) is 0 Å². The Kier molecular flexibility index (Phi) is 15.8. The smallest absolute Gasteiger partial charge is 0.251 e. The molecule has 0 aliphatic carbocycles. The lowest BCUT2D eigenvalue weighted by Crippen LogP contribution is -2.39. The van der Waals surface area contributed by atoms with Gasteiger partial charge in [0.1, 0.15) is 0 Å². The van der Waals surface area contributed by atoms with Gasteiger partial charge in [-0.2, -0.15) is 0 Å². The predicted molar refractivity (Wildman–Crippen MR) is 128 cm³/mol. The average molecular weight is 504 g/mol. The van der Waals surface area contributed by atoms with E-state index in [9.17, 15) is 4.79 Å². The van der Waals surface area contributed by atoms with Crippen molar-refractivity contribution in [3.05, 3.63) is 35.9 Å². The molecule has 0 saturated heterocycles. The first-order valence-electron chi connectivity index (χ1n) is 10.1. The molecule has 0 bridgehead atoms. The van der Waals surface area contributed by atoms with E-state index in [1.165, 1.54) is 0 Å². The first-order valence-corrected chi connectivity index (χ1v) is 10.1. The number of benzene rings is 1. The number of carbonyl (C=O) groups excluding carboxylic acids is 1. The fourth-order valence-electron chi connectivity index (χ4n) is 2.66. The number of aliphatic imine (C=N–C) groups is 1. The highest BCUT2D eigenvalue weighted by Crippen LogP contribution is 2.09. The monoisotopic (exact) mass is 504 g/mol. The first kappa shape index (κ1) is 26.6. The summed E-state index contributed by atoms with van der Waals surface area (Å²) >= 11 is 0. The fourth-order valence-corrected chi connectivity index (χ4v) is 2.66. The lowest BCUT2D eigenvalue weighted by molar-refractivity contribution is 0.0258. The summed E-state index contributed by atoms with van der Waals surface area (Å²) < 4.78 is 5.78. The highest BCUT2D eigenvalue weighted by atomic mass is 127. The Labute approximate surface area is 187 Å². The van der Waals surface area contributed by atoms with Crippen molar-refractivity contribution in [1.82, 2.24) is 16.0 Å². The lowest BCUT2D eigenvalue weighted by atomic mass is 10.0. The molecule has 0 saturated carbocycles. The van der Waals surface area contributed by atoms with Crippen molar-refractivity contribution in [2.45, 2.75) is 46.6 Å². The second kappa shape index (κ2) is 16.6. The van der Waals surface area contributed by atoms with Crippen LogP contribution in [0.4, 0.5) is 0 Å². The molecular formula is C21H37IN4O2. The van der Waals surface area contributed by atoms with Crippen LogP contribution in [0, 0.1) is 5.92 Å². The Hall–Kier alpha value is -1.35. The number of amides is 1. The van der Waals surface area contributed by atoms with Gasteiger partial charge in [0, 0.05) is 38.3 Å². The summed E-state index contributed by atoms with van der Waals surface area (Å²) in [6, 6.07) is 9.26. The number of rotatable bonds is 12. The fraction of sp³-hybridized carbons (Fsp3) is 0.619. The summed E-state index contributed by atoms with van der Waals surface area (Å²) in [5.41, 5.74) is 0.685. The molecule has 0 aliphatic rings. The summed E-state index contributed by atoms with van der Waals surface area (Å²) in [7, 11) is 0. The number of nitrogens with one attached hydrogen (secondary N) is 3. The van der Waals surface area contributed by atoms with Crippen LogP contribution in [0.25, 0.3) is 0 Å². The molecule has 0 aliphatic heterocycles. The van der Waals surface area contributed by atoms with Crippen LogP contribution in [-0.4, -0.2) is 50.8 Å². The Morgan fingerprint density at radius 3 is 2.39 bits per heavy atom. The highest BCUT2D eigenvalue weighted by Gasteiger charge is 2.12. The van der Waals surface area contributed by atoms with Crippen molar-refractivity contribution in [3.8, 4) is 0 Å². The zero-order valence-electron chi connectivity index (χ0n) is 17.7. The zero-order valence-corrected chi connectivity index (χ0v) is 20.0. The molecule has 0 fully saturated rings. The van der Waals surface area contributed by atoms with Crippen molar-refractivity contribution in [1.29, 1.82) is 0 Å². The number of ether oxygens (including phenoxy) is 1. The second-order valence-electron chi connectivity index (χ2n) is 6.69. The standard InChI is InChI=1S/C21H36N4O2.HI/c1-5-22-21(25-16-13-19(17(3)4)27-6-2)24-15-10-14-23-20(26)18-11-8-7-9-12-18;/h7-9,11-12,17,19H,5-6,10,13-16H2,1-4H3,(H,23,26)(H2,22,24,25);1H. The molecule has 1 amide bonds. The van der Waals surface area contributed by atoms with Crippen molar-refractivity contribution >= 4 is 35.8 Å². The Balaban J connectivity index is 0.00000729. The van der Waals surface area contributed by atoms with Gasteiger partial charge in [0.25, 0.3) is 5.91 Å². The zero-order chi connectivity index (χ0) is 19.9. The van der Waals surface area contributed by atoms with Gasteiger partial charge in [0.15, 0.2) is 5.96 Å². The minimum atomic E-state index is -0.0414. The van der Waals surface area contributed by atoms with Gasteiger partial charge in [-0.3, -0.25) is 9.79 Å². The summed E-state index contributed by atoms with van der Waals surface area (Å²) in [6.07, 6.45) is 2.00. The summed E-state index contributed by atoms with van der Waals surface area (Å²) in [4.78, 5) is 16.5. The quantitative estimate of drug-likeness (QED) is 0.177. The molecule has 1 aromatic carbocycles. The molecule has 7 heteroatoms. The van der Waals surface area contributed by atoms with Crippen LogP contribution in [0.3, 0.4) is 0 Å². The van der Waals surface area contributed by atoms with E-state index in [0.717, 1.165) is 38.5 Å². The van der Waals surface area contributed by atoms with E-state index in [-0.39, 0.29) is 36.0 Å². The van der Waals surface area contributed by atoms with Crippen LogP contribution >= 0.6 is 24.0 Å². The van der Waals surface area contributed by atoms with Crippen molar-refractivity contribution < 1.29 is 9.53 Å².